The van der Waals surface area contributed by atoms with Gasteiger partial charge < -0.3 is 18.9 Å². The van der Waals surface area contributed by atoms with Crippen molar-refractivity contribution < 1.29 is 23.7 Å². The number of benzene rings is 2. The van der Waals surface area contributed by atoms with E-state index in [0.29, 0.717) is 28.6 Å². The zero-order valence-corrected chi connectivity index (χ0v) is 13.2. The molecule has 5 nitrogen and oxygen atoms in total. The van der Waals surface area contributed by atoms with Crippen LogP contribution in [-0.2, 0) is 4.79 Å². The maximum Gasteiger partial charge on any atom is 0.336 e. The van der Waals surface area contributed by atoms with Crippen molar-refractivity contribution in [1.29, 1.82) is 0 Å². The second-order valence-electron chi connectivity index (χ2n) is 4.51. The lowest BCUT2D eigenvalue weighted by Gasteiger charge is -2.08. The van der Waals surface area contributed by atoms with E-state index in [9.17, 15) is 4.79 Å². The molecule has 0 atom stereocenters. The molecule has 0 aromatic heterocycles. The molecule has 0 aliphatic rings. The molecule has 0 heterocycles. The van der Waals surface area contributed by atoms with E-state index in [1.54, 1.807) is 62.8 Å². The number of methoxy groups -OCH3 is 3. The van der Waals surface area contributed by atoms with Crippen molar-refractivity contribution in [3.63, 3.8) is 0 Å². The Morgan fingerprint density at radius 1 is 0.870 bits per heavy atom. The first-order chi connectivity index (χ1) is 11.2. The largest absolute Gasteiger partial charge is 0.497 e. The number of hydrogen-bond acceptors (Lipinski definition) is 5. The van der Waals surface area contributed by atoms with Gasteiger partial charge in [0.15, 0.2) is 11.5 Å². The Labute approximate surface area is 135 Å². The van der Waals surface area contributed by atoms with Crippen LogP contribution in [0.2, 0.25) is 0 Å². The number of ether oxygens (including phenoxy) is 4. The Morgan fingerprint density at radius 2 is 1.57 bits per heavy atom. The summed E-state index contributed by atoms with van der Waals surface area (Å²) in [6.45, 7) is 0. The minimum Gasteiger partial charge on any atom is -0.497 e. The Balaban J connectivity index is 2.15. The predicted molar refractivity (Wildman–Crippen MR) is 87.2 cm³/mol. The molecule has 0 bridgehead atoms. The van der Waals surface area contributed by atoms with Crippen LogP contribution in [0.25, 0.3) is 6.08 Å². The molecule has 0 amide bonds. The fourth-order valence-electron chi connectivity index (χ4n) is 1.97. The van der Waals surface area contributed by atoms with Gasteiger partial charge in [0.2, 0.25) is 0 Å². The number of para-hydroxylation sites is 2. The summed E-state index contributed by atoms with van der Waals surface area (Å²) >= 11 is 0. The van der Waals surface area contributed by atoms with Gasteiger partial charge in [-0.3, -0.25) is 0 Å². The number of hydrogen-bond donors (Lipinski definition) is 0. The van der Waals surface area contributed by atoms with Crippen LogP contribution in [0.1, 0.15) is 5.56 Å². The highest BCUT2D eigenvalue weighted by molar-refractivity contribution is 5.89. The van der Waals surface area contributed by atoms with Crippen LogP contribution in [0.5, 0.6) is 23.0 Å². The lowest BCUT2D eigenvalue weighted by atomic mass is 10.1. The average molecular weight is 314 g/mol. The van der Waals surface area contributed by atoms with Gasteiger partial charge in [0.05, 0.1) is 21.3 Å². The summed E-state index contributed by atoms with van der Waals surface area (Å²) in [6, 6.07) is 12.3. The van der Waals surface area contributed by atoms with Crippen LogP contribution >= 0.6 is 0 Å². The van der Waals surface area contributed by atoms with Gasteiger partial charge in [-0.05, 0) is 36.4 Å². The minimum absolute atomic E-state index is 0.363. The summed E-state index contributed by atoms with van der Waals surface area (Å²) in [6.07, 6.45) is 2.93. The molecule has 2 aromatic carbocycles. The molecule has 2 rings (SSSR count). The Bertz CT molecular complexity index is 706. The third-order valence-corrected chi connectivity index (χ3v) is 3.12. The van der Waals surface area contributed by atoms with E-state index in [4.69, 9.17) is 18.9 Å². The van der Waals surface area contributed by atoms with Gasteiger partial charge in [0.1, 0.15) is 11.5 Å². The standard InChI is InChI=1S/C18H18O5/c1-20-14-9-10-15(21-2)13(12-14)8-11-18(19)23-17-7-5-4-6-16(17)22-3/h4-12H,1-3H3. The van der Waals surface area contributed by atoms with Crippen molar-refractivity contribution in [3.8, 4) is 23.0 Å². The third-order valence-electron chi connectivity index (χ3n) is 3.12. The quantitative estimate of drug-likeness (QED) is 0.465. The lowest BCUT2D eigenvalue weighted by Crippen LogP contribution is -2.04. The predicted octanol–water partition coefficient (Wildman–Crippen LogP) is 3.33. The van der Waals surface area contributed by atoms with Crippen molar-refractivity contribution in [1.82, 2.24) is 0 Å². The van der Waals surface area contributed by atoms with Crippen molar-refractivity contribution >= 4 is 12.0 Å². The molecule has 120 valence electrons. The summed E-state index contributed by atoms with van der Waals surface area (Å²) in [5.41, 5.74) is 0.712. The van der Waals surface area contributed by atoms with E-state index in [1.165, 1.54) is 13.2 Å². The van der Waals surface area contributed by atoms with Gasteiger partial charge >= 0.3 is 5.97 Å². The molecule has 0 saturated carbocycles. The summed E-state index contributed by atoms with van der Waals surface area (Å²) in [5, 5.41) is 0. The molecular weight excluding hydrogens is 296 g/mol. The normalized spacial score (nSPS) is 10.4. The van der Waals surface area contributed by atoms with Crippen LogP contribution in [0, 0.1) is 0 Å². The monoisotopic (exact) mass is 314 g/mol. The highest BCUT2D eigenvalue weighted by Gasteiger charge is 2.07. The summed E-state index contributed by atoms with van der Waals surface area (Å²) in [7, 11) is 4.65. The van der Waals surface area contributed by atoms with Gasteiger partial charge in [-0.2, -0.15) is 0 Å². The Kier molecular flexibility index (Phi) is 5.63. The maximum absolute atomic E-state index is 12.0. The fraction of sp³-hybridized carbons (Fsp3) is 0.167. The first-order valence-corrected chi connectivity index (χ1v) is 6.93. The molecule has 0 N–H and O–H groups in total. The van der Waals surface area contributed by atoms with Crippen LogP contribution in [0.15, 0.2) is 48.5 Å². The zero-order valence-electron chi connectivity index (χ0n) is 13.2. The van der Waals surface area contributed by atoms with Crippen LogP contribution in [0.3, 0.4) is 0 Å². The molecule has 0 unspecified atom stereocenters. The molecule has 5 heteroatoms. The van der Waals surface area contributed by atoms with Crippen molar-refractivity contribution in [2.24, 2.45) is 0 Å². The minimum atomic E-state index is -0.514. The molecule has 23 heavy (non-hydrogen) atoms. The summed E-state index contributed by atoms with van der Waals surface area (Å²) < 4.78 is 20.8. The molecule has 2 aromatic rings. The van der Waals surface area contributed by atoms with Gasteiger partial charge in [-0.15, -0.1) is 0 Å². The second kappa shape index (κ2) is 7.89. The molecule has 0 spiro atoms. The van der Waals surface area contributed by atoms with Crippen LogP contribution < -0.4 is 18.9 Å². The van der Waals surface area contributed by atoms with Crippen LogP contribution in [0.4, 0.5) is 0 Å². The number of carbonyl (C=O) groups is 1. The number of rotatable bonds is 6. The zero-order chi connectivity index (χ0) is 16.7. The average Bonchev–Trinajstić information content (AvgIpc) is 2.60. The second-order valence-corrected chi connectivity index (χ2v) is 4.51. The number of esters is 1. The molecule has 0 radical (unpaired) electrons. The first-order valence-electron chi connectivity index (χ1n) is 6.93. The Hall–Kier alpha value is -2.95. The van der Waals surface area contributed by atoms with Crippen molar-refractivity contribution in [2.75, 3.05) is 21.3 Å². The molecule has 0 saturated heterocycles. The number of carbonyl (C=O) groups excluding carboxylic acids is 1. The van der Waals surface area contributed by atoms with Crippen molar-refractivity contribution in [3.05, 3.63) is 54.1 Å². The highest BCUT2D eigenvalue weighted by atomic mass is 16.6. The van der Waals surface area contributed by atoms with E-state index >= 15 is 0 Å². The Morgan fingerprint density at radius 3 is 2.22 bits per heavy atom. The van der Waals surface area contributed by atoms with Gasteiger partial charge in [0, 0.05) is 11.6 Å². The summed E-state index contributed by atoms with van der Waals surface area (Å²) in [4.78, 5) is 12.0. The topological polar surface area (TPSA) is 54.0 Å². The molecule has 0 aliphatic heterocycles. The lowest BCUT2D eigenvalue weighted by molar-refractivity contribution is -0.129. The molecular formula is C18H18O5. The van der Waals surface area contributed by atoms with Crippen molar-refractivity contribution in [2.45, 2.75) is 0 Å². The molecule has 0 fully saturated rings. The van der Waals surface area contributed by atoms with Crippen LogP contribution in [-0.4, -0.2) is 27.3 Å². The SMILES string of the molecule is COc1ccc(OC)c(C=CC(=O)Oc2ccccc2OC)c1. The van der Waals surface area contributed by atoms with Gasteiger partial charge in [-0.1, -0.05) is 12.1 Å². The van der Waals surface area contributed by atoms with E-state index in [-0.39, 0.29) is 0 Å². The molecule has 0 aliphatic carbocycles. The van der Waals surface area contributed by atoms with E-state index < -0.39 is 5.97 Å². The maximum atomic E-state index is 12.0. The van der Waals surface area contributed by atoms with E-state index in [1.807, 2.05) is 0 Å². The van der Waals surface area contributed by atoms with E-state index in [0.717, 1.165) is 0 Å². The van der Waals surface area contributed by atoms with Gasteiger partial charge in [0.25, 0.3) is 0 Å². The van der Waals surface area contributed by atoms with E-state index in [2.05, 4.69) is 0 Å². The highest BCUT2D eigenvalue weighted by Crippen LogP contribution is 2.27. The summed E-state index contributed by atoms with van der Waals surface area (Å²) in [5.74, 6) is 1.64. The fourth-order valence-corrected chi connectivity index (χ4v) is 1.97. The smallest absolute Gasteiger partial charge is 0.336 e. The third kappa shape index (κ3) is 4.26. The first kappa shape index (κ1) is 16.4. The van der Waals surface area contributed by atoms with Gasteiger partial charge in [-0.25, -0.2) is 4.79 Å².